The van der Waals surface area contributed by atoms with E-state index >= 15 is 0 Å². The smallest absolute Gasteiger partial charge is 0.122 e. The number of nitrogens with two attached hydrogens (primary N) is 1. The highest BCUT2D eigenvalue weighted by molar-refractivity contribution is 5.36. The summed E-state index contributed by atoms with van der Waals surface area (Å²) in [5.41, 5.74) is 7.53. The van der Waals surface area contributed by atoms with Crippen molar-refractivity contribution in [3.63, 3.8) is 0 Å². The Hall–Kier alpha value is -1.06. The number of hydrogen-bond acceptors (Lipinski definition) is 3. The molecular formula is C12H19NO2. The number of aryl methyl sites for hydroxylation is 1. The van der Waals surface area contributed by atoms with Crippen LogP contribution in [-0.2, 0) is 11.2 Å². The summed E-state index contributed by atoms with van der Waals surface area (Å²) in [7, 11) is 3.29. The summed E-state index contributed by atoms with van der Waals surface area (Å²) in [6.45, 7) is 3.87. The van der Waals surface area contributed by atoms with Crippen LogP contribution in [0.5, 0.6) is 5.75 Å². The standard InChI is InChI=1S/C12H19NO2/c1-9-5-6-10(7-11(9)14-3)8-12(2,13)15-4/h5-7H,8,13H2,1-4H3. The fourth-order valence-electron chi connectivity index (χ4n) is 1.45. The van der Waals surface area contributed by atoms with Crippen LogP contribution in [0.3, 0.4) is 0 Å². The first kappa shape index (κ1) is 12.0. The van der Waals surface area contributed by atoms with Crippen LogP contribution in [0.4, 0.5) is 0 Å². The topological polar surface area (TPSA) is 44.5 Å². The average molecular weight is 209 g/mol. The van der Waals surface area contributed by atoms with E-state index in [4.69, 9.17) is 15.2 Å². The zero-order valence-corrected chi connectivity index (χ0v) is 9.83. The molecule has 0 aliphatic heterocycles. The molecule has 1 atom stereocenters. The quantitative estimate of drug-likeness (QED) is 0.770. The highest BCUT2D eigenvalue weighted by Crippen LogP contribution is 2.21. The highest BCUT2D eigenvalue weighted by atomic mass is 16.5. The van der Waals surface area contributed by atoms with E-state index < -0.39 is 5.72 Å². The van der Waals surface area contributed by atoms with Crippen molar-refractivity contribution in [2.24, 2.45) is 5.73 Å². The van der Waals surface area contributed by atoms with Gasteiger partial charge >= 0.3 is 0 Å². The summed E-state index contributed by atoms with van der Waals surface area (Å²) < 4.78 is 10.4. The summed E-state index contributed by atoms with van der Waals surface area (Å²) in [6, 6.07) is 6.07. The normalized spacial score (nSPS) is 14.7. The lowest BCUT2D eigenvalue weighted by Crippen LogP contribution is -2.40. The van der Waals surface area contributed by atoms with E-state index in [0.717, 1.165) is 16.9 Å². The van der Waals surface area contributed by atoms with E-state index in [1.54, 1.807) is 14.2 Å². The van der Waals surface area contributed by atoms with E-state index in [0.29, 0.717) is 6.42 Å². The van der Waals surface area contributed by atoms with Crippen LogP contribution >= 0.6 is 0 Å². The van der Waals surface area contributed by atoms with Crippen molar-refractivity contribution in [3.8, 4) is 5.75 Å². The summed E-state index contributed by atoms with van der Waals surface area (Å²) in [5, 5.41) is 0. The monoisotopic (exact) mass is 209 g/mol. The molecule has 0 heterocycles. The number of methoxy groups -OCH3 is 2. The van der Waals surface area contributed by atoms with Crippen molar-refractivity contribution >= 4 is 0 Å². The lowest BCUT2D eigenvalue weighted by Gasteiger charge is -2.23. The molecule has 1 aromatic rings. The van der Waals surface area contributed by atoms with Gasteiger partial charge in [-0.25, -0.2) is 0 Å². The van der Waals surface area contributed by atoms with E-state index in [2.05, 4.69) is 0 Å². The zero-order chi connectivity index (χ0) is 11.5. The predicted octanol–water partition coefficient (Wildman–Crippen LogP) is 1.87. The van der Waals surface area contributed by atoms with Gasteiger partial charge < -0.3 is 15.2 Å². The van der Waals surface area contributed by atoms with E-state index in [1.807, 2.05) is 32.0 Å². The van der Waals surface area contributed by atoms with Crippen LogP contribution in [0.2, 0.25) is 0 Å². The molecule has 0 aliphatic carbocycles. The number of rotatable bonds is 4. The maximum atomic E-state index is 5.91. The predicted molar refractivity (Wildman–Crippen MR) is 61.0 cm³/mol. The Kier molecular flexibility index (Phi) is 3.72. The molecule has 15 heavy (non-hydrogen) atoms. The van der Waals surface area contributed by atoms with E-state index in [-0.39, 0.29) is 0 Å². The van der Waals surface area contributed by atoms with E-state index in [9.17, 15) is 0 Å². The third kappa shape index (κ3) is 3.22. The molecule has 0 aliphatic rings. The molecule has 84 valence electrons. The van der Waals surface area contributed by atoms with Crippen LogP contribution in [0.1, 0.15) is 18.1 Å². The molecule has 2 N–H and O–H groups in total. The van der Waals surface area contributed by atoms with Gasteiger partial charge in [0, 0.05) is 13.5 Å². The Balaban J connectivity index is 2.87. The summed E-state index contributed by atoms with van der Waals surface area (Å²) in [5.74, 6) is 0.888. The van der Waals surface area contributed by atoms with Crippen molar-refractivity contribution in [1.29, 1.82) is 0 Å². The van der Waals surface area contributed by atoms with Gasteiger partial charge in [-0.15, -0.1) is 0 Å². The molecule has 3 nitrogen and oxygen atoms in total. The van der Waals surface area contributed by atoms with Gasteiger partial charge in [-0.3, -0.25) is 0 Å². The molecule has 1 unspecified atom stereocenters. The minimum Gasteiger partial charge on any atom is -0.496 e. The lowest BCUT2D eigenvalue weighted by atomic mass is 10.0. The Bertz CT molecular complexity index is 334. The van der Waals surface area contributed by atoms with Crippen LogP contribution in [-0.4, -0.2) is 19.9 Å². The number of benzene rings is 1. The van der Waals surface area contributed by atoms with Gasteiger partial charge in [-0.2, -0.15) is 0 Å². The molecule has 0 fully saturated rings. The van der Waals surface area contributed by atoms with Gasteiger partial charge in [-0.05, 0) is 31.0 Å². The first-order valence-corrected chi connectivity index (χ1v) is 4.96. The molecule has 3 heteroatoms. The lowest BCUT2D eigenvalue weighted by molar-refractivity contribution is 0.0121. The molecule has 0 spiro atoms. The highest BCUT2D eigenvalue weighted by Gasteiger charge is 2.17. The number of hydrogen-bond donors (Lipinski definition) is 1. The third-order valence-corrected chi connectivity index (χ3v) is 2.49. The summed E-state index contributed by atoms with van der Waals surface area (Å²) in [4.78, 5) is 0. The van der Waals surface area contributed by atoms with Gasteiger partial charge in [0.2, 0.25) is 0 Å². The SMILES string of the molecule is COc1cc(CC(C)(N)OC)ccc1C. The Labute approximate surface area is 91.2 Å². The second-order valence-corrected chi connectivity index (χ2v) is 4.00. The third-order valence-electron chi connectivity index (χ3n) is 2.49. The molecule has 0 bridgehead atoms. The Morgan fingerprint density at radius 2 is 2.00 bits per heavy atom. The van der Waals surface area contributed by atoms with Crippen LogP contribution in [0, 0.1) is 6.92 Å². The molecule has 0 amide bonds. The van der Waals surface area contributed by atoms with Crippen LogP contribution in [0.25, 0.3) is 0 Å². The van der Waals surface area contributed by atoms with Gasteiger partial charge in [0.1, 0.15) is 11.5 Å². The fourth-order valence-corrected chi connectivity index (χ4v) is 1.45. The molecule has 0 saturated carbocycles. The van der Waals surface area contributed by atoms with Crippen molar-refractivity contribution in [3.05, 3.63) is 29.3 Å². The molecule has 0 saturated heterocycles. The van der Waals surface area contributed by atoms with Crippen molar-refractivity contribution in [2.75, 3.05) is 14.2 Å². The summed E-state index contributed by atoms with van der Waals surface area (Å²) >= 11 is 0. The molecular weight excluding hydrogens is 190 g/mol. The fraction of sp³-hybridized carbons (Fsp3) is 0.500. The van der Waals surface area contributed by atoms with Gasteiger partial charge in [0.05, 0.1) is 7.11 Å². The summed E-state index contributed by atoms with van der Waals surface area (Å²) in [6.07, 6.45) is 0.667. The van der Waals surface area contributed by atoms with Gasteiger partial charge in [0.15, 0.2) is 0 Å². The van der Waals surface area contributed by atoms with Crippen molar-refractivity contribution < 1.29 is 9.47 Å². The maximum Gasteiger partial charge on any atom is 0.122 e. The van der Waals surface area contributed by atoms with Crippen molar-refractivity contribution in [2.45, 2.75) is 26.0 Å². The number of ether oxygens (including phenoxy) is 2. The zero-order valence-electron chi connectivity index (χ0n) is 9.83. The second kappa shape index (κ2) is 4.64. The first-order chi connectivity index (χ1) is 6.98. The maximum absolute atomic E-state index is 5.91. The van der Waals surface area contributed by atoms with Gasteiger partial charge in [0.25, 0.3) is 0 Å². The molecule has 1 aromatic carbocycles. The minimum absolute atomic E-state index is 0.625. The van der Waals surface area contributed by atoms with Crippen molar-refractivity contribution in [1.82, 2.24) is 0 Å². The largest absolute Gasteiger partial charge is 0.496 e. The Morgan fingerprint density at radius 1 is 1.33 bits per heavy atom. The first-order valence-electron chi connectivity index (χ1n) is 4.96. The van der Waals surface area contributed by atoms with Crippen LogP contribution < -0.4 is 10.5 Å². The second-order valence-electron chi connectivity index (χ2n) is 4.00. The molecule has 1 rings (SSSR count). The van der Waals surface area contributed by atoms with Crippen LogP contribution in [0.15, 0.2) is 18.2 Å². The Morgan fingerprint density at radius 3 is 2.53 bits per heavy atom. The minimum atomic E-state index is -0.625. The average Bonchev–Trinajstić information content (AvgIpc) is 2.20. The van der Waals surface area contributed by atoms with Gasteiger partial charge in [-0.1, -0.05) is 12.1 Å². The molecule has 0 aromatic heterocycles. The molecule has 0 radical (unpaired) electrons. The van der Waals surface area contributed by atoms with E-state index in [1.165, 1.54) is 0 Å².